The summed E-state index contributed by atoms with van der Waals surface area (Å²) >= 11 is 0. The molecule has 1 aliphatic rings. The van der Waals surface area contributed by atoms with E-state index in [-0.39, 0.29) is 25.6 Å². The molecule has 0 unspecified atom stereocenters. The van der Waals surface area contributed by atoms with Crippen molar-refractivity contribution < 1.29 is 33.0 Å². The number of carbonyl (C=O) groups excluding carboxylic acids is 1. The molecule has 3 N–H and O–H groups in total. The van der Waals surface area contributed by atoms with Crippen molar-refractivity contribution in [3.63, 3.8) is 0 Å². The SMILES string of the molecule is CS(=O)(=O)NC(=O)Cc1ccc(-c2ccc(CCN(C[C@H](O)c3ccccc3)C(=O)O)cc2)cc1OC1CCCCC1. The number of amides is 2. The summed E-state index contributed by atoms with van der Waals surface area (Å²) in [7, 11) is -3.66. The number of sulfonamides is 1. The van der Waals surface area contributed by atoms with Gasteiger partial charge < -0.3 is 19.8 Å². The number of hydrogen-bond donors (Lipinski definition) is 3. The van der Waals surface area contributed by atoms with Gasteiger partial charge in [-0.15, -0.1) is 0 Å². The van der Waals surface area contributed by atoms with Gasteiger partial charge in [0.2, 0.25) is 15.9 Å². The lowest BCUT2D eigenvalue weighted by atomic mass is 9.97. The third kappa shape index (κ3) is 9.32. The first kappa shape index (κ1) is 31.1. The summed E-state index contributed by atoms with van der Waals surface area (Å²) in [6.45, 7) is 0.220. The number of carbonyl (C=O) groups is 2. The topological polar surface area (TPSA) is 133 Å². The molecule has 3 aromatic carbocycles. The molecule has 42 heavy (non-hydrogen) atoms. The molecule has 10 heteroatoms. The van der Waals surface area contributed by atoms with E-state index in [0.717, 1.165) is 48.6 Å². The van der Waals surface area contributed by atoms with Crippen molar-refractivity contribution in [1.29, 1.82) is 0 Å². The molecule has 1 fully saturated rings. The van der Waals surface area contributed by atoms with Crippen LogP contribution in [0.3, 0.4) is 0 Å². The van der Waals surface area contributed by atoms with Crippen LogP contribution in [0.25, 0.3) is 11.1 Å². The zero-order valence-electron chi connectivity index (χ0n) is 23.7. The molecule has 0 saturated heterocycles. The van der Waals surface area contributed by atoms with Crippen LogP contribution in [0, 0.1) is 0 Å². The van der Waals surface area contributed by atoms with E-state index in [2.05, 4.69) is 0 Å². The number of benzene rings is 3. The lowest BCUT2D eigenvalue weighted by molar-refractivity contribution is -0.118. The van der Waals surface area contributed by atoms with Crippen molar-refractivity contribution in [2.45, 2.75) is 57.2 Å². The van der Waals surface area contributed by atoms with Gasteiger partial charge in [0.05, 0.1) is 31.4 Å². The van der Waals surface area contributed by atoms with Gasteiger partial charge in [-0.3, -0.25) is 9.52 Å². The average molecular weight is 595 g/mol. The largest absolute Gasteiger partial charge is 0.490 e. The molecular formula is C32H38N2O7S. The normalized spacial score (nSPS) is 14.6. The Hall–Kier alpha value is -3.89. The Balaban J connectivity index is 1.45. The molecule has 2 amide bonds. The zero-order chi connectivity index (χ0) is 30.1. The van der Waals surface area contributed by atoms with E-state index >= 15 is 0 Å². The summed E-state index contributed by atoms with van der Waals surface area (Å²) in [4.78, 5) is 25.4. The van der Waals surface area contributed by atoms with Crippen LogP contribution in [0.15, 0.2) is 72.8 Å². The van der Waals surface area contributed by atoms with Gasteiger partial charge >= 0.3 is 6.09 Å². The van der Waals surface area contributed by atoms with Crippen LogP contribution in [0.1, 0.15) is 54.9 Å². The second kappa shape index (κ2) is 14.3. The molecule has 0 aliphatic heterocycles. The van der Waals surface area contributed by atoms with E-state index in [1.54, 1.807) is 30.3 Å². The maximum absolute atomic E-state index is 12.3. The quantitative estimate of drug-likeness (QED) is 0.271. The van der Waals surface area contributed by atoms with Crippen molar-refractivity contribution in [2.24, 2.45) is 0 Å². The fourth-order valence-electron chi connectivity index (χ4n) is 5.15. The van der Waals surface area contributed by atoms with E-state index in [4.69, 9.17) is 4.74 Å². The summed E-state index contributed by atoms with van der Waals surface area (Å²) in [5.41, 5.74) is 4.05. The minimum Gasteiger partial charge on any atom is -0.490 e. The average Bonchev–Trinajstić information content (AvgIpc) is 2.96. The number of rotatable bonds is 12. The van der Waals surface area contributed by atoms with Gasteiger partial charge in [0.15, 0.2) is 0 Å². The number of aliphatic hydroxyl groups is 1. The molecule has 3 aromatic rings. The Kier molecular flexibility index (Phi) is 10.6. The number of nitrogens with zero attached hydrogens (tertiary/aromatic N) is 1. The van der Waals surface area contributed by atoms with E-state index in [1.807, 2.05) is 47.2 Å². The highest BCUT2D eigenvalue weighted by Crippen LogP contribution is 2.31. The van der Waals surface area contributed by atoms with Crippen LogP contribution in [0.2, 0.25) is 0 Å². The Labute approximate surface area is 247 Å². The highest BCUT2D eigenvalue weighted by atomic mass is 32.2. The molecule has 1 saturated carbocycles. The predicted octanol–water partition coefficient (Wildman–Crippen LogP) is 4.94. The van der Waals surface area contributed by atoms with Crippen molar-refractivity contribution in [3.8, 4) is 16.9 Å². The summed E-state index contributed by atoms with van der Waals surface area (Å²) in [5, 5.41) is 20.1. The summed E-state index contributed by atoms with van der Waals surface area (Å²) in [6, 6.07) is 22.4. The van der Waals surface area contributed by atoms with Crippen molar-refractivity contribution in [3.05, 3.63) is 89.5 Å². The summed E-state index contributed by atoms with van der Waals surface area (Å²) in [6.07, 6.45) is 4.58. The van der Waals surface area contributed by atoms with Gasteiger partial charge in [-0.2, -0.15) is 0 Å². The molecule has 4 rings (SSSR count). The van der Waals surface area contributed by atoms with Gasteiger partial charge in [0, 0.05) is 12.1 Å². The molecule has 0 bridgehead atoms. The van der Waals surface area contributed by atoms with Crippen LogP contribution >= 0.6 is 0 Å². The van der Waals surface area contributed by atoms with E-state index in [9.17, 15) is 28.2 Å². The highest BCUT2D eigenvalue weighted by Gasteiger charge is 2.20. The Bertz CT molecular complexity index is 1450. The monoisotopic (exact) mass is 594 g/mol. The Morgan fingerprint density at radius 3 is 2.29 bits per heavy atom. The van der Waals surface area contributed by atoms with Gasteiger partial charge in [0.1, 0.15) is 5.75 Å². The molecule has 9 nitrogen and oxygen atoms in total. The summed E-state index contributed by atoms with van der Waals surface area (Å²) < 4.78 is 31.4. The van der Waals surface area contributed by atoms with Gasteiger partial charge in [0.25, 0.3) is 0 Å². The second-order valence-corrected chi connectivity index (χ2v) is 12.5. The van der Waals surface area contributed by atoms with Crippen molar-refractivity contribution in [2.75, 3.05) is 19.3 Å². The van der Waals surface area contributed by atoms with Gasteiger partial charge in [-0.25, -0.2) is 13.2 Å². The number of nitrogens with one attached hydrogen (secondary N) is 1. The van der Waals surface area contributed by atoms with Crippen LogP contribution in [0.5, 0.6) is 5.75 Å². The third-order valence-corrected chi connectivity index (χ3v) is 7.97. The highest BCUT2D eigenvalue weighted by molar-refractivity contribution is 7.89. The maximum Gasteiger partial charge on any atom is 0.407 e. The molecule has 0 spiro atoms. The molecule has 224 valence electrons. The summed E-state index contributed by atoms with van der Waals surface area (Å²) in [5.74, 6) is -0.0454. The molecule has 0 aromatic heterocycles. The molecular weight excluding hydrogens is 556 g/mol. The minimum absolute atomic E-state index is 0.0181. The fraction of sp³-hybridized carbons (Fsp3) is 0.375. The predicted molar refractivity (Wildman–Crippen MR) is 161 cm³/mol. The van der Waals surface area contributed by atoms with E-state index in [1.165, 1.54) is 11.3 Å². The van der Waals surface area contributed by atoms with Gasteiger partial charge in [-0.1, -0.05) is 73.2 Å². The standard InChI is InChI=1S/C32H38N2O7S/c1-42(39,40)33-31(36)21-27-17-16-26(20-30(27)41-28-10-6-3-7-11-28)24-14-12-23(13-15-24)18-19-34(32(37)38)22-29(35)25-8-4-2-5-9-25/h2,4-5,8-9,12-17,20,28-29,35H,3,6-7,10-11,18-19,21-22H2,1H3,(H,33,36)(H,37,38)/t29-/m0/s1. The Morgan fingerprint density at radius 2 is 1.64 bits per heavy atom. The molecule has 1 aliphatic carbocycles. The molecule has 0 heterocycles. The first-order chi connectivity index (χ1) is 20.1. The van der Waals surface area contributed by atoms with Crippen molar-refractivity contribution >= 4 is 22.0 Å². The van der Waals surface area contributed by atoms with Gasteiger partial charge in [-0.05, 0) is 60.4 Å². The second-order valence-electron chi connectivity index (χ2n) is 10.8. The van der Waals surface area contributed by atoms with Crippen molar-refractivity contribution in [1.82, 2.24) is 9.62 Å². The Morgan fingerprint density at radius 1 is 0.976 bits per heavy atom. The first-order valence-electron chi connectivity index (χ1n) is 14.2. The van der Waals surface area contributed by atoms with Crippen LogP contribution in [0.4, 0.5) is 4.79 Å². The van der Waals surface area contributed by atoms with Crippen LogP contribution < -0.4 is 9.46 Å². The third-order valence-electron chi connectivity index (χ3n) is 7.37. The lowest BCUT2D eigenvalue weighted by Gasteiger charge is -2.25. The molecule has 1 atom stereocenters. The van der Waals surface area contributed by atoms with E-state index < -0.39 is 28.1 Å². The lowest BCUT2D eigenvalue weighted by Crippen LogP contribution is -2.35. The maximum atomic E-state index is 12.3. The number of hydrogen-bond acceptors (Lipinski definition) is 6. The van der Waals surface area contributed by atoms with Crippen LogP contribution in [-0.4, -0.2) is 61.0 Å². The minimum atomic E-state index is -3.66. The number of carboxylic acid groups (broad SMARTS) is 1. The number of aliphatic hydroxyl groups excluding tert-OH is 1. The fourth-order valence-corrected chi connectivity index (χ4v) is 5.64. The first-order valence-corrected chi connectivity index (χ1v) is 16.1. The number of ether oxygens (including phenoxy) is 1. The molecule has 0 radical (unpaired) electrons. The zero-order valence-corrected chi connectivity index (χ0v) is 24.6. The van der Waals surface area contributed by atoms with Crippen LogP contribution in [-0.2, 0) is 27.7 Å². The van der Waals surface area contributed by atoms with E-state index in [0.29, 0.717) is 23.3 Å². The smallest absolute Gasteiger partial charge is 0.407 e.